The van der Waals surface area contributed by atoms with E-state index in [1.165, 1.54) is 11.8 Å². The van der Waals surface area contributed by atoms with Crippen LogP contribution in [-0.2, 0) is 9.59 Å². The highest BCUT2D eigenvalue weighted by Crippen LogP contribution is 2.32. The second-order valence-corrected chi connectivity index (χ2v) is 8.18. The van der Waals surface area contributed by atoms with Gasteiger partial charge in [0.1, 0.15) is 12.0 Å². The van der Waals surface area contributed by atoms with Crippen LogP contribution in [0.15, 0.2) is 53.4 Å². The fourth-order valence-electron chi connectivity index (χ4n) is 3.55. The van der Waals surface area contributed by atoms with Gasteiger partial charge in [-0.15, -0.1) is 11.8 Å². The molecular formula is C22H23F3N2O2S. The quantitative estimate of drug-likeness (QED) is 0.540. The van der Waals surface area contributed by atoms with Crippen LogP contribution >= 0.6 is 11.8 Å². The van der Waals surface area contributed by atoms with E-state index in [4.69, 9.17) is 0 Å². The first-order valence-electron chi connectivity index (χ1n) is 9.57. The van der Waals surface area contributed by atoms with E-state index >= 15 is 0 Å². The van der Waals surface area contributed by atoms with Crippen LogP contribution in [0.5, 0.6) is 0 Å². The van der Waals surface area contributed by atoms with Crippen LogP contribution in [0.3, 0.4) is 0 Å². The maximum Gasteiger partial charge on any atom is 0.408 e. The van der Waals surface area contributed by atoms with Gasteiger partial charge in [0.05, 0.1) is 6.04 Å². The van der Waals surface area contributed by atoms with E-state index in [2.05, 4.69) is 5.32 Å². The minimum atomic E-state index is -4.52. The number of carbonyl (C=O) groups excluding carboxylic acids is 2. The third kappa shape index (κ3) is 4.98. The lowest BCUT2D eigenvalue weighted by molar-refractivity contribution is -0.171. The molecule has 8 heteroatoms. The first kappa shape index (κ1) is 22.2. The van der Waals surface area contributed by atoms with Crippen LogP contribution in [-0.4, -0.2) is 30.3 Å². The Hall–Kier alpha value is -2.48. The molecule has 3 atom stereocenters. The fraction of sp³-hybridized carbons (Fsp3) is 0.364. The maximum absolute atomic E-state index is 12.9. The van der Waals surface area contributed by atoms with Crippen LogP contribution in [0.25, 0.3) is 0 Å². The van der Waals surface area contributed by atoms with Crippen molar-refractivity contribution < 1.29 is 22.8 Å². The summed E-state index contributed by atoms with van der Waals surface area (Å²) in [6.45, 7) is 1.96. The Morgan fingerprint density at radius 2 is 1.80 bits per heavy atom. The molecule has 0 aromatic heterocycles. The lowest BCUT2D eigenvalue weighted by Crippen LogP contribution is -2.54. The second-order valence-electron chi connectivity index (χ2n) is 7.33. The molecule has 2 aromatic rings. The van der Waals surface area contributed by atoms with Gasteiger partial charge in [0.15, 0.2) is 0 Å². The highest BCUT2D eigenvalue weighted by molar-refractivity contribution is 7.98. The number of hydrogen-bond donors (Lipinski definition) is 2. The third-order valence-corrected chi connectivity index (χ3v) is 6.05. The molecule has 0 bridgehead atoms. The molecule has 2 aromatic carbocycles. The van der Waals surface area contributed by atoms with Crippen molar-refractivity contribution in [2.24, 2.45) is 5.92 Å². The van der Waals surface area contributed by atoms with Crippen molar-refractivity contribution in [3.8, 4) is 0 Å². The lowest BCUT2D eigenvalue weighted by Gasteiger charge is -2.31. The Balaban J connectivity index is 1.86. The van der Waals surface area contributed by atoms with E-state index < -0.39 is 36.0 Å². The van der Waals surface area contributed by atoms with Crippen LogP contribution in [0.4, 0.5) is 13.2 Å². The Bertz CT molecular complexity index is 915. The summed E-state index contributed by atoms with van der Waals surface area (Å²) >= 11 is 1.53. The minimum absolute atomic E-state index is 0.146. The molecule has 0 spiro atoms. The Labute approximate surface area is 177 Å². The molecule has 0 radical (unpaired) electrons. The largest absolute Gasteiger partial charge is 0.408 e. The SMILES string of the molecule is CSc1ccccc1C(NC(=O)C1CCC(C(F)(F)F)NC1=O)c1ccc(C)cc1. The molecular weight excluding hydrogens is 413 g/mol. The van der Waals surface area contributed by atoms with Crippen molar-refractivity contribution in [3.63, 3.8) is 0 Å². The molecule has 2 N–H and O–H groups in total. The van der Waals surface area contributed by atoms with Crippen LogP contribution in [0, 0.1) is 12.8 Å². The Morgan fingerprint density at radius 3 is 2.40 bits per heavy atom. The zero-order chi connectivity index (χ0) is 21.9. The highest BCUT2D eigenvalue weighted by Gasteiger charge is 2.46. The molecule has 160 valence electrons. The number of carbonyl (C=O) groups is 2. The molecule has 1 fully saturated rings. The van der Waals surface area contributed by atoms with Gasteiger partial charge < -0.3 is 10.6 Å². The van der Waals surface area contributed by atoms with E-state index in [-0.39, 0.29) is 12.8 Å². The Kier molecular flexibility index (Phi) is 6.75. The number of amides is 2. The predicted molar refractivity (Wildman–Crippen MR) is 110 cm³/mol. The van der Waals surface area contributed by atoms with Gasteiger partial charge in [0.2, 0.25) is 11.8 Å². The van der Waals surface area contributed by atoms with Gasteiger partial charge in [-0.25, -0.2) is 0 Å². The molecule has 1 heterocycles. The number of nitrogens with one attached hydrogen (secondary N) is 2. The number of piperidine rings is 1. The topological polar surface area (TPSA) is 58.2 Å². The molecule has 3 rings (SSSR count). The standard InChI is InChI=1S/C22H23F3N2O2S/c1-13-7-9-14(10-8-13)19(15-5-3-4-6-17(15)30-2)27-21(29)16-11-12-18(22(23,24)25)26-20(16)28/h3-10,16,18-19H,11-12H2,1-2H3,(H,26,28)(H,27,29). The van der Waals surface area contributed by atoms with Crippen molar-refractivity contribution in [1.29, 1.82) is 0 Å². The van der Waals surface area contributed by atoms with Crippen molar-refractivity contribution >= 4 is 23.6 Å². The van der Waals surface area contributed by atoms with E-state index in [1.54, 1.807) is 0 Å². The number of thioether (sulfide) groups is 1. The molecule has 0 saturated carbocycles. The smallest absolute Gasteiger partial charge is 0.344 e. The van der Waals surface area contributed by atoms with Crippen molar-refractivity contribution in [1.82, 2.24) is 10.6 Å². The third-order valence-electron chi connectivity index (χ3n) is 5.24. The molecule has 2 amide bonds. The highest BCUT2D eigenvalue weighted by atomic mass is 32.2. The molecule has 3 unspecified atom stereocenters. The van der Waals surface area contributed by atoms with Gasteiger partial charge in [0.25, 0.3) is 0 Å². The normalized spacial score (nSPS) is 20.4. The summed E-state index contributed by atoms with van der Waals surface area (Å²) in [5.74, 6) is -2.62. The average Bonchev–Trinajstić information content (AvgIpc) is 2.72. The van der Waals surface area contributed by atoms with E-state index in [0.29, 0.717) is 0 Å². The number of aryl methyl sites for hydroxylation is 1. The molecule has 1 aliphatic rings. The van der Waals surface area contributed by atoms with Gasteiger partial charge in [-0.1, -0.05) is 48.0 Å². The number of hydrogen-bond acceptors (Lipinski definition) is 3. The summed E-state index contributed by atoms with van der Waals surface area (Å²) in [4.78, 5) is 26.1. The van der Waals surface area contributed by atoms with E-state index in [9.17, 15) is 22.8 Å². The number of rotatable bonds is 5. The minimum Gasteiger partial charge on any atom is -0.344 e. The van der Waals surface area contributed by atoms with Gasteiger partial charge in [0, 0.05) is 4.90 Å². The van der Waals surface area contributed by atoms with Crippen LogP contribution in [0.2, 0.25) is 0 Å². The molecule has 1 saturated heterocycles. The zero-order valence-corrected chi connectivity index (χ0v) is 17.4. The predicted octanol–water partition coefficient (Wildman–Crippen LogP) is 4.38. The summed E-state index contributed by atoms with van der Waals surface area (Å²) in [6, 6.07) is 12.8. The molecule has 4 nitrogen and oxygen atoms in total. The summed E-state index contributed by atoms with van der Waals surface area (Å²) < 4.78 is 38.7. The van der Waals surface area contributed by atoms with Gasteiger partial charge >= 0.3 is 6.18 Å². The molecule has 1 aliphatic heterocycles. The molecule has 30 heavy (non-hydrogen) atoms. The number of benzene rings is 2. The zero-order valence-electron chi connectivity index (χ0n) is 16.6. The summed E-state index contributed by atoms with van der Waals surface area (Å²) in [7, 11) is 0. The first-order chi connectivity index (χ1) is 14.2. The fourth-order valence-corrected chi connectivity index (χ4v) is 4.19. The Morgan fingerprint density at radius 1 is 1.13 bits per heavy atom. The van der Waals surface area contributed by atoms with Crippen molar-refractivity contribution in [2.45, 2.75) is 42.9 Å². The number of halogens is 3. The molecule has 0 aliphatic carbocycles. The van der Waals surface area contributed by atoms with Crippen LogP contribution < -0.4 is 10.6 Å². The summed E-state index contributed by atoms with van der Waals surface area (Å²) in [6.07, 6.45) is -3.05. The van der Waals surface area contributed by atoms with Crippen molar-refractivity contribution in [2.75, 3.05) is 6.26 Å². The monoisotopic (exact) mass is 436 g/mol. The van der Waals surface area contributed by atoms with Gasteiger partial charge in [-0.05, 0) is 43.2 Å². The van der Waals surface area contributed by atoms with E-state index in [1.807, 2.05) is 67.0 Å². The van der Waals surface area contributed by atoms with Crippen molar-refractivity contribution in [3.05, 3.63) is 65.2 Å². The average molecular weight is 436 g/mol. The maximum atomic E-state index is 12.9. The van der Waals surface area contributed by atoms with Gasteiger partial charge in [-0.2, -0.15) is 13.2 Å². The number of alkyl halides is 3. The second kappa shape index (κ2) is 9.12. The van der Waals surface area contributed by atoms with Crippen LogP contribution in [0.1, 0.15) is 35.6 Å². The van der Waals surface area contributed by atoms with Gasteiger partial charge in [-0.3, -0.25) is 9.59 Å². The lowest BCUT2D eigenvalue weighted by atomic mass is 9.91. The van der Waals surface area contributed by atoms with E-state index in [0.717, 1.165) is 21.6 Å². The summed E-state index contributed by atoms with van der Waals surface area (Å²) in [5, 5.41) is 4.84. The first-order valence-corrected chi connectivity index (χ1v) is 10.8. The summed E-state index contributed by atoms with van der Waals surface area (Å²) in [5.41, 5.74) is 2.76.